The summed E-state index contributed by atoms with van der Waals surface area (Å²) >= 11 is 0. The van der Waals surface area contributed by atoms with Crippen LogP contribution in [-0.2, 0) is 5.41 Å². The topological polar surface area (TPSA) is 59.1 Å². The SMILES string of the molecule is Cc1ccc(C(C)(C)C)c(OCCCC(=N)N)c1. The highest BCUT2D eigenvalue weighted by Crippen LogP contribution is 2.32. The minimum atomic E-state index is 0.0730. The largest absolute Gasteiger partial charge is 0.493 e. The highest BCUT2D eigenvalue weighted by molar-refractivity contribution is 5.76. The molecule has 0 saturated carbocycles. The number of nitrogens with two attached hydrogens (primary N) is 1. The van der Waals surface area contributed by atoms with E-state index in [0.29, 0.717) is 13.0 Å². The van der Waals surface area contributed by atoms with Crippen molar-refractivity contribution in [1.82, 2.24) is 0 Å². The fraction of sp³-hybridized carbons (Fsp3) is 0.533. The molecule has 0 aliphatic heterocycles. The van der Waals surface area contributed by atoms with Crippen LogP contribution in [0.15, 0.2) is 18.2 Å². The van der Waals surface area contributed by atoms with E-state index in [4.69, 9.17) is 15.9 Å². The molecule has 3 N–H and O–H groups in total. The van der Waals surface area contributed by atoms with Gasteiger partial charge in [-0.15, -0.1) is 0 Å². The smallest absolute Gasteiger partial charge is 0.123 e. The van der Waals surface area contributed by atoms with Crippen LogP contribution < -0.4 is 10.5 Å². The Bertz CT molecular complexity index is 419. The van der Waals surface area contributed by atoms with E-state index < -0.39 is 0 Å². The Morgan fingerprint density at radius 3 is 2.56 bits per heavy atom. The normalized spacial score (nSPS) is 11.3. The van der Waals surface area contributed by atoms with Crippen molar-refractivity contribution in [2.75, 3.05) is 6.61 Å². The van der Waals surface area contributed by atoms with Crippen molar-refractivity contribution in [3.8, 4) is 5.75 Å². The van der Waals surface area contributed by atoms with Gasteiger partial charge in [-0.2, -0.15) is 0 Å². The second-order valence-corrected chi connectivity index (χ2v) is 5.73. The van der Waals surface area contributed by atoms with Crippen LogP contribution in [0.4, 0.5) is 0 Å². The van der Waals surface area contributed by atoms with Gasteiger partial charge in [0.15, 0.2) is 0 Å². The van der Waals surface area contributed by atoms with Gasteiger partial charge in [-0.05, 0) is 36.0 Å². The predicted molar refractivity (Wildman–Crippen MR) is 76.5 cm³/mol. The zero-order valence-electron chi connectivity index (χ0n) is 11.8. The van der Waals surface area contributed by atoms with Gasteiger partial charge in [-0.3, -0.25) is 5.41 Å². The minimum absolute atomic E-state index is 0.0730. The summed E-state index contributed by atoms with van der Waals surface area (Å²) in [6, 6.07) is 6.33. The Morgan fingerprint density at radius 2 is 2.00 bits per heavy atom. The molecule has 0 amide bonds. The summed E-state index contributed by atoms with van der Waals surface area (Å²) in [6.07, 6.45) is 1.38. The molecule has 0 atom stereocenters. The first-order valence-corrected chi connectivity index (χ1v) is 6.37. The van der Waals surface area contributed by atoms with Crippen LogP contribution >= 0.6 is 0 Å². The molecule has 0 fully saturated rings. The molecule has 0 heterocycles. The second-order valence-electron chi connectivity index (χ2n) is 5.73. The molecule has 3 nitrogen and oxygen atoms in total. The Balaban J connectivity index is 2.74. The Hall–Kier alpha value is -1.51. The van der Waals surface area contributed by atoms with Gasteiger partial charge < -0.3 is 10.5 Å². The van der Waals surface area contributed by atoms with Gasteiger partial charge >= 0.3 is 0 Å². The van der Waals surface area contributed by atoms with E-state index in [9.17, 15) is 0 Å². The maximum absolute atomic E-state index is 7.18. The lowest BCUT2D eigenvalue weighted by atomic mass is 9.86. The lowest BCUT2D eigenvalue weighted by Crippen LogP contribution is -2.15. The molecule has 0 aliphatic rings. The predicted octanol–water partition coefficient (Wildman–Crippen LogP) is 3.39. The van der Waals surface area contributed by atoms with Gasteiger partial charge in [0.1, 0.15) is 5.75 Å². The molecule has 0 aromatic heterocycles. The molecule has 1 aromatic carbocycles. The number of ether oxygens (including phenoxy) is 1. The number of hydrogen-bond donors (Lipinski definition) is 2. The molecule has 3 heteroatoms. The number of rotatable bonds is 5. The second kappa shape index (κ2) is 5.89. The molecule has 0 radical (unpaired) electrons. The van der Waals surface area contributed by atoms with Crippen LogP contribution in [0.3, 0.4) is 0 Å². The van der Waals surface area contributed by atoms with Crippen LogP contribution in [0.5, 0.6) is 5.75 Å². The summed E-state index contributed by atoms with van der Waals surface area (Å²) in [6.45, 7) is 9.21. The van der Waals surface area contributed by atoms with Crippen molar-refractivity contribution in [1.29, 1.82) is 5.41 Å². The number of amidine groups is 1. The molecule has 18 heavy (non-hydrogen) atoms. The number of hydrogen-bond acceptors (Lipinski definition) is 2. The van der Waals surface area contributed by atoms with Crippen LogP contribution in [0, 0.1) is 12.3 Å². The lowest BCUT2D eigenvalue weighted by Gasteiger charge is -2.23. The minimum Gasteiger partial charge on any atom is -0.493 e. The van der Waals surface area contributed by atoms with Gasteiger partial charge in [0.2, 0.25) is 0 Å². The van der Waals surface area contributed by atoms with Gasteiger partial charge in [-0.1, -0.05) is 32.9 Å². The first-order chi connectivity index (χ1) is 8.30. The summed E-state index contributed by atoms with van der Waals surface area (Å²) in [5.41, 5.74) is 7.81. The molecule has 1 rings (SSSR count). The van der Waals surface area contributed by atoms with E-state index in [1.54, 1.807) is 0 Å². The van der Waals surface area contributed by atoms with E-state index in [-0.39, 0.29) is 11.3 Å². The van der Waals surface area contributed by atoms with Crippen LogP contribution in [0.2, 0.25) is 0 Å². The van der Waals surface area contributed by atoms with Crippen molar-refractivity contribution >= 4 is 5.84 Å². The van der Waals surface area contributed by atoms with Crippen molar-refractivity contribution < 1.29 is 4.74 Å². The number of benzene rings is 1. The summed E-state index contributed by atoms with van der Waals surface area (Å²) in [5.74, 6) is 1.17. The van der Waals surface area contributed by atoms with Crippen molar-refractivity contribution in [2.24, 2.45) is 5.73 Å². The molecule has 0 saturated heterocycles. The highest BCUT2D eigenvalue weighted by atomic mass is 16.5. The Labute approximate surface area is 110 Å². The maximum atomic E-state index is 7.18. The summed E-state index contributed by atoms with van der Waals surface area (Å²) < 4.78 is 5.84. The molecule has 0 spiro atoms. The summed E-state index contributed by atoms with van der Waals surface area (Å²) in [5, 5.41) is 7.18. The Morgan fingerprint density at radius 1 is 1.33 bits per heavy atom. The molecule has 100 valence electrons. The average Bonchev–Trinajstić information content (AvgIpc) is 2.22. The average molecular weight is 248 g/mol. The van der Waals surface area contributed by atoms with Gasteiger partial charge in [0, 0.05) is 6.42 Å². The van der Waals surface area contributed by atoms with Crippen LogP contribution in [0.25, 0.3) is 0 Å². The number of nitrogens with one attached hydrogen (secondary N) is 1. The third-order valence-electron chi connectivity index (χ3n) is 2.79. The molecular formula is C15H24N2O. The van der Waals surface area contributed by atoms with Crippen LogP contribution in [-0.4, -0.2) is 12.4 Å². The van der Waals surface area contributed by atoms with Gasteiger partial charge in [-0.25, -0.2) is 0 Å². The molecule has 1 aromatic rings. The number of aryl methyl sites for hydroxylation is 1. The highest BCUT2D eigenvalue weighted by Gasteiger charge is 2.18. The first-order valence-electron chi connectivity index (χ1n) is 6.37. The maximum Gasteiger partial charge on any atom is 0.123 e. The fourth-order valence-corrected chi connectivity index (χ4v) is 1.81. The summed E-state index contributed by atoms with van der Waals surface area (Å²) in [7, 11) is 0. The Kier molecular flexibility index (Phi) is 4.76. The molecular weight excluding hydrogens is 224 g/mol. The van der Waals surface area contributed by atoms with E-state index in [2.05, 4.69) is 45.9 Å². The van der Waals surface area contributed by atoms with E-state index in [0.717, 1.165) is 12.2 Å². The molecule has 0 aliphatic carbocycles. The van der Waals surface area contributed by atoms with Gasteiger partial charge in [0.25, 0.3) is 0 Å². The third kappa shape index (κ3) is 4.40. The molecule has 0 bridgehead atoms. The van der Waals surface area contributed by atoms with Gasteiger partial charge in [0.05, 0.1) is 12.4 Å². The van der Waals surface area contributed by atoms with E-state index in [1.165, 1.54) is 11.1 Å². The van der Waals surface area contributed by atoms with E-state index >= 15 is 0 Å². The summed E-state index contributed by atoms with van der Waals surface area (Å²) in [4.78, 5) is 0. The van der Waals surface area contributed by atoms with E-state index in [1.807, 2.05) is 0 Å². The lowest BCUT2D eigenvalue weighted by molar-refractivity contribution is 0.304. The zero-order chi connectivity index (χ0) is 13.8. The quantitative estimate of drug-likeness (QED) is 0.476. The standard InChI is InChI=1S/C15H24N2O/c1-11-7-8-12(15(2,3)4)13(10-11)18-9-5-6-14(16)17/h7-8,10H,5-6,9H2,1-4H3,(H3,16,17). The monoisotopic (exact) mass is 248 g/mol. The fourth-order valence-electron chi connectivity index (χ4n) is 1.81. The van der Waals surface area contributed by atoms with Crippen LogP contribution in [0.1, 0.15) is 44.7 Å². The first kappa shape index (κ1) is 14.6. The third-order valence-corrected chi connectivity index (χ3v) is 2.79. The van der Waals surface area contributed by atoms with Crippen molar-refractivity contribution in [3.63, 3.8) is 0 Å². The van der Waals surface area contributed by atoms with Crippen molar-refractivity contribution in [2.45, 2.75) is 46.0 Å². The molecule has 0 unspecified atom stereocenters. The zero-order valence-corrected chi connectivity index (χ0v) is 11.8. The van der Waals surface area contributed by atoms with Crippen molar-refractivity contribution in [3.05, 3.63) is 29.3 Å².